The van der Waals surface area contributed by atoms with Crippen molar-refractivity contribution in [2.75, 3.05) is 36.9 Å². The van der Waals surface area contributed by atoms with Gasteiger partial charge < -0.3 is 14.8 Å². The van der Waals surface area contributed by atoms with Crippen molar-refractivity contribution in [3.63, 3.8) is 0 Å². The van der Waals surface area contributed by atoms with Crippen molar-refractivity contribution in [2.24, 2.45) is 0 Å². The van der Waals surface area contributed by atoms with Crippen LogP contribution in [0.25, 0.3) is 0 Å². The third-order valence-electron chi connectivity index (χ3n) is 3.71. The standard InChI is InChI=1S/C16H23ClN2O5S/c1-3-23-10-4-8-18-16(20)15-7-9-19(25(2,21)22)13-11-12(17)5-6-14(13)24-15/h5-6,11,15H,3-4,7-10H2,1-2H3,(H,18,20)/t15-/m0/s1. The summed E-state index contributed by atoms with van der Waals surface area (Å²) in [6, 6.07) is 4.71. The topological polar surface area (TPSA) is 84.9 Å². The van der Waals surface area contributed by atoms with Gasteiger partial charge in [-0.3, -0.25) is 9.10 Å². The SMILES string of the molecule is CCOCCCNC(=O)[C@@H]1CCN(S(C)(=O)=O)c2cc(Cl)ccc2O1. The van der Waals surface area contributed by atoms with Gasteiger partial charge in [0.2, 0.25) is 10.0 Å². The molecule has 0 bridgehead atoms. The average molecular weight is 391 g/mol. The molecule has 1 aliphatic heterocycles. The van der Waals surface area contributed by atoms with Gasteiger partial charge in [0, 0.05) is 37.7 Å². The summed E-state index contributed by atoms with van der Waals surface area (Å²) >= 11 is 5.99. The number of sulfonamides is 1. The predicted molar refractivity (Wildman–Crippen MR) is 96.8 cm³/mol. The highest BCUT2D eigenvalue weighted by Crippen LogP contribution is 2.36. The molecule has 0 unspecified atom stereocenters. The van der Waals surface area contributed by atoms with E-state index >= 15 is 0 Å². The van der Waals surface area contributed by atoms with Gasteiger partial charge >= 0.3 is 0 Å². The third-order valence-corrected chi connectivity index (χ3v) is 5.13. The van der Waals surface area contributed by atoms with Gasteiger partial charge in [-0.2, -0.15) is 0 Å². The Morgan fingerprint density at radius 2 is 2.24 bits per heavy atom. The molecule has 0 aromatic heterocycles. The number of benzene rings is 1. The first kappa shape index (κ1) is 19.8. The monoisotopic (exact) mass is 390 g/mol. The van der Waals surface area contributed by atoms with Gasteiger partial charge in [0.15, 0.2) is 6.10 Å². The fourth-order valence-electron chi connectivity index (χ4n) is 2.53. The number of carbonyl (C=O) groups is 1. The zero-order valence-corrected chi connectivity index (χ0v) is 15.9. The lowest BCUT2D eigenvalue weighted by Gasteiger charge is -2.21. The minimum absolute atomic E-state index is 0.142. The Kier molecular flexibility index (Phi) is 6.92. The largest absolute Gasteiger partial charge is 0.478 e. The molecule has 0 saturated carbocycles. The number of nitrogens with one attached hydrogen (secondary N) is 1. The van der Waals surface area contributed by atoms with E-state index in [1.165, 1.54) is 10.4 Å². The van der Waals surface area contributed by atoms with Crippen molar-refractivity contribution >= 4 is 33.2 Å². The zero-order chi connectivity index (χ0) is 18.4. The van der Waals surface area contributed by atoms with Crippen LogP contribution in [0.1, 0.15) is 19.8 Å². The zero-order valence-electron chi connectivity index (χ0n) is 14.3. The molecule has 2 rings (SSSR count). The number of ether oxygens (including phenoxy) is 2. The molecule has 1 N–H and O–H groups in total. The van der Waals surface area contributed by atoms with E-state index in [1.807, 2.05) is 6.92 Å². The van der Waals surface area contributed by atoms with E-state index in [2.05, 4.69) is 5.32 Å². The maximum Gasteiger partial charge on any atom is 0.261 e. The van der Waals surface area contributed by atoms with Crippen molar-refractivity contribution in [1.82, 2.24) is 5.32 Å². The second-order valence-electron chi connectivity index (χ2n) is 5.68. The number of hydrogen-bond acceptors (Lipinski definition) is 5. The first-order chi connectivity index (χ1) is 11.8. The van der Waals surface area contributed by atoms with E-state index in [1.54, 1.807) is 12.1 Å². The van der Waals surface area contributed by atoms with Gasteiger partial charge in [-0.05, 0) is 31.5 Å². The highest BCUT2D eigenvalue weighted by atomic mass is 35.5. The van der Waals surface area contributed by atoms with Crippen molar-refractivity contribution in [3.05, 3.63) is 23.2 Å². The molecule has 7 nitrogen and oxygen atoms in total. The smallest absolute Gasteiger partial charge is 0.261 e. The minimum atomic E-state index is -3.51. The van der Waals surface area contributed by atoms with Crippen molar-refractivity contribution in [2.45, 2.75) is 25.9 Å². The number of amides is 1. The van der Waals surface area contributed by atoms with Crippen LogP contribution in [0.15, 0.2) is 18.2 Å². The van der Waals surface area contributed by atoms with Gasteiger partial charge in [0.05, 0.1) is 11.9 Å². The molecule has 0 saturated heterocycles. The Hall–Kier alpha value is -1.51. The molecule has 0 spiro atoms. The van der Waals surface area contributed by atoms with Crippen molar-refractivity contribution < 1.29 is 22.7 Å². The van der Waals surface area contributed by atoms with E-state index in [0.717, 1.165) is 6.26 Å². The third kappa shape index (κ3) is 5.49. The van der Waals surface area contributed by atoms with Crippen molar-refractivity contribution in [3.8, 4) is 5.75 Å². The second kappa shape index (κ2) is 8.73. The summed E-state index contributed by atoms with van der Waals surface area (Å²) in [7, 11) is -3.51. The lowest BCUT2D eigenvalue weighted by Crippen LogP contribution is -2.40. The highest BCUT2D eigenvalue weighted by Gasteiger charge is 2.31. The van der Waals surface area contributed by atoms with Crippen LogP contribution in [0.3, 0.4) is 0 Å². The number of fused-ring (bicyclic) bond motifs is 1. The Labute approximate surface area is 153 Å². The van der Waals surface area contributed by atoms with Crippen LogP contribution < -0.4 is 14.4 Å². The Morgan fingerprint density at radius 1 is 1.48 bits per heavy atom. The quantitative estimate of drug-likeness (QED) is 0.717. The molecule has 1 atom stereocenters. The van der Waals surface area contributed by atoms with Crippen LogP contribution in [0.2, 0.25) is 5.02 Å². The van der Waals surface area contributed by atoms with E-state index < -0.39 is 16.1 Å². The Bertz CT molecular complexity index is 710. The first-order valence-corrected chi connectivity index (χ1v) is 10.3. The van der Waals surface area contributed by atoms with Gasteiger partial charge in [0.25, 0.3) is 5.91 Å². The lowest BCUT2D eigenvalue weighted by molar-refractivity contribution is -0.128. The maximum absolute atomic E-state index is 12.3. The van der Waals surface area contributed by atoms with Gasteiger partial charge in [-0.1, -0.05) is 11.6 Å². The number of halogens is 1. The van der Waals surface area contributed by atoms with Gasteiger partial charge in [-0.25, -0.2) is 8.42 Å². The van der Waals surface area contributed by atoms with Gasteiger partial charge in [0.1, 0.15) is 5.75 Å². The molecule has 0 fully saturated rings. The average Bonchev–Trinajstić information content (AvgIpc) is 2.73. The molecule has 9 heteroatoms. The number of rotatable bonds is 7. The summed E-state index contributed by atoms with van der Waals surface area (Å²) in [6.45, 7) is 3.74. The fourth-order valence-corrected chi connectivity index (χ4v) is 3.63. The lowest BCUT2D eigenvalue weighted by atomic mass is 10.2. The molecule has 0 radical (unpaired) electrons. The van der Waals surface area contributed by atoms with Crippen LogP contribution in [0.4, 0.5) is 5.69 Å². The summed E-state index contributed by atoms with van der Waals surface area (Å²) in [5.41, 5.74) is 0.349. The summed E-state index contributed by atoms with van der Waals surface area (Å²) in [5, 5.41) is 3.19. The summed E-state index contributed by atoms with van der Waals surface area (Å²) in [5.74, 6) is 0.0505. The van der Waals surface area contributed by atoms with Crippen molar-refractivity contribution in [1.29, 1.82) is 0 Å². The number of anilines is 1. The minimum Gasteiger partial charge on any atom is -0.478 e. The van der Waals surface area contributed by atoms with E-state index in [4.69, 9.17) is 21.1 Å². The molecule has 1 amide bonds. The van der Waals surface area contributed by atoms with Crippen LogP contribution in [0.5, 0.6) is 5.75 Å². The molecule has 1 heterocycles. The second-order valence-corrected chi connectivity index (χ2v) is 8.03. The van der Waals surface area contributed by atoms with Crippen LogP contribution in [0, 0.1) is 0 Å². The van der Waals surface area contributed by atoms with Gasteiger partial charge in [-0.15, -0.1) is 0 Å². The van der Waals surface area contributed by atoms with Crippen LogP contribution in [-0.2, 0) is 19.6 Å². The Morgan fingerprint density at radius 3 is 2.92 bits per heavy atom. The summed E-state index contributed by atoms with van der Waals surface area (Å²) < 4.78 is 36.4. The molecule has 1 aliphatic rings. The number of hydrogen-bond donors (Lipinski definition) is 1. The molecule has 1 aromatic carbocycles. The molecule has 140 valence electrons. The highest BCUT2D eigenvalue weighted by molar-refractivity contribution is 7.92. The van der Waals surface area contributed by atoms with E-state index in [-0.39, 0.29) is 18.9 Å². The normalized spacial score (nSPS) is 17.4. The fraction of sp³-hybridized carbons (Fsp3) is 0.562. The number of carbonyl (C=O) groups excluding carboxylic acids is 1. The van der Waals surface area contributed by atoms with Crippen LogP contribution in [-0.4, -0.2) is 53.0 Å². The first-order valence-electron chi connectivity index (χ1n) is 8.12. The Balaban J connectivity index is 2.10. The predicted octanol–water partition coefficient (Wildman–Crippen LogP) is 1.80. The van der Waals surface area contributed by atoms with Crippen LogP contribution >= 0.6 is 11.6 Å². The molecule has 25 heavy (non-hydrogen) atoms. The number of nitrogens with zero attached hydrogens (tertiary/aromatic N) is 1. The molecular formula is C16H23ClN2O5S. The van der Waals surface area contributed by atoms with E-state index in [9.17, 15) is 13.2 Å². The molecular weight excluding hydrogens is 368 g/mol. The summed E-state index contributed by atoms with van der Waals surface area (Å²) in [6.07, 6.45) is 1.30. The van der Waals surface area contributed by atoms with E-state index in [0.29, 0.717) is 42.6 Å². The summed E-state index contributed by atoms with van der Waals surface area (Å²) in [4.78, 5) is 12.3. The maximum atomic E-state index is 12.3. The molecule has 1 aromatic rings. The molecule has 0 aliphatic carbocycles.